The minimum Gasteiger partial charge on any atom is -0.490 e. The van der Waals surface area contributed by atoms with Crippen LogP contribution in [-0.2, 0) is 16.1 Å². The van der Waals surface area contributed by atoms with Crippen LogP contribution in [0.25, 0.3) is 11.0 Å². The molecule has 0 spiro atoms. The Kier molecular flexibility index (Phi) is 7.02. The molecular formula is C21H22N2O5S. The lowest BCUT2D eigenvalue weighted by Crippen LogP contribution is -2.14. The molecule has 0 unspecified atom stereocenters. The monoisotopic (exact) mass is 414 g/mol. The lowest BCUT2D eigenvalue weighted by atomic mass is 10.2. The average Bonchev–Trinajstić information content (AvgIpc) is 3.19. The van der Waals surface area contributed by atoms with Crippen LogP contribution in [0.15, 0.2) is 46.7 Å². The molecule has 0 aliphatic carbocycles. The van der Waals surface area contributed by atoms with E-state index in [1.807, 2.05) is 32.0 Å². The van der Waals surface area contributed by atoms with Crippen LogP contribution >= 0.6 is 11.3 Å². The fraction of sp³-hybridized carbons (Fsp3) is 0.286. The number of rotatable bonds is 9. The molecule has 0 amide bonds. The highest BCUT2D eigenvalue weighted by Crippen LogP contribution is 2.29. The molecule has 1 aromatic carbocycles. The second kappa shape index (κ2) is 9.88. The molecule has 2 heterocycles. The zero-order valence-electron chi connectivity index (χ0n) is 16.3. The van der Waals surface area contributed by atoms with Crippen molar-refractivity contribution in [1.29, 1.82) is 0 Å². The molecule has 0 atom stereocenters. The molecule has 29 heavy (non-hydrogen) atoms. The third kappa shape index (κ3) is 5.45. The van der Waals surface area contributed by atoms with Crippen molar-refractivity contribution in [3.63, 3.8) is 0 Å². The SMILES string of the molecule is CCCOc1ccc(C=CC(=O)OCc2cc(=O)n3ccsc3n2)cc1OCC. The van der Waals surface area contributed by atoms with E-state index in [4.69, 9.17) is 14.2 Å². The summed E-state index contributed by atoms with van der Waals surface area (Å²) in [4.78, 5) is 28.8. The predicted molar refractivity (Wildman–Crippen MR) is 112 cm³/mol. The molecule has 3 rings (SSSR count). The van der Waals surface area contributed by atoms with Gasteiger partial charge in [-0.15, -0.1) is 11.3 Å². The van der Waals surface area contributed by atoms with Gasteiger partial charge in [-0.25, -0.2) is 9.78 Å². The molecule has 0 aliphatic heterocycles. The quantitative estimate of drug-likeness (QED) is 0.392. The van der Waals surface area contributed by atoms with Crippen LogP contribution in [0.3, 0.4) is 0 Å². The lowest BCUT2D eigenvalue weighted by molar-refractivity contribution is -0.139. The van der Waals surface area contributed by atoms with Crippen molar-refractivity contribution in [1.82, 2.24) is 9.38 Å². The summed E-state index contributed by atoms with van der Waals surface area (Å²) in [5.41, 5.74) is 0.993. The van der Waals surface area contributed by atoms with E-state index in [-0.39, 0.29) is 12.2 Å². The molecule has 0 saturated heterocycles. The number of thiazole rings is 1. The third-order valence-electron chi connectivity index (χ3n) is 3.86. The highest BCUT2D eigenvalue weighted by molar-refractivity contribution is 7.15. The number of nitrogens with zero attached hydrogens (tertiary/aromatic N) is 2. The molecule has 0 N–H and O–H groups in total. The molecule has 8 heteroatoms. The number of benzene rings is 1. The van der Waals surface area contributed by atoms with E-state index in [1.54, 1.807) is 17.7 Å². The van der Waals surface area contributed by atoms with E-state index in [1.165, 1.54) is 27.9 Å². The first-order valence-electron chi connectivity index (χ1n) is 9.31. The topological polar surface area (TPSA) is 79.1 Å². The summed E-state index contributed by atoms with van der Waals surface area (Å²) in [7, 11) is 0. The number of fused-ring (bicyclic) bond motifs is 1. The second-order valence-electron chi connectivity index (χ2n) is 6.07. The molecule has 0 fully saturated rings. The molecule has 0 saturated carbocycles. The minimum absolute atomic E-state index is 0.0686. The van der Waals surface area contributed by atoms with Gasteiger partial charge in [0.25, 0.3) is 5.56 Å². The number of hydrogen-bond donors (Lipinski definition) is 0. The Morgan fingerprint density at radius 3 is 2.86 bits per heavy atom. The predicted octanol–water partition coefficient (Wildman–Crippen LogP) is 3.70. The van der Waals surface area contributed by atoms with Crippen LogP contribution in [0, 0.1) is 0 Å². The molecule has 3 aromatic rings. The summed E-state index contributed by atoms with van der Waals surface area (Å²) in [5.74, 6) is 0.780. The van der Waals surface area contributed by atoms with Crippen molar-refractivity contribution in [3.05, 3.63) is 63.5 Å². The largest absolute Gasteiger partial charge is 0.490 e. The number of carbonyl (C=O) groups excluding carboxylic acids is 1. The summed E-state index contributed by atoms with van der Waals surface area (Å²) in [6.45, 7) is 4.99. The van der Waals surface area contributed by atoms with Gasteiger partial charge < -0.3 is 14.2 Å². The highest BCUT2D eigenvalue weighted by atomic mass is 32.1. The van der Waals surface area contributed by atoms with Crippen LogP contribution in [0.5, 0.6) is 11.5 Å². The van der Waals surface area contributed by atoms with Gasteiger partial charge in [-0.3, -0.25) is 9.20 Å². The van der Waals surface area contributed by atoms with Crippen molar-refractivity contribution in [2.45, 2.75) is 26.9 Å². The summed E-state index contributed by atoms with van der Waals surface area (Å²) >= 11 is 1.34. The lowest BCUT2D eigenvalue weighted by Gasteiger charge is -2.12. The van der Waals surface area contributed by atoms with Gasteiger partial charge in [-0.2, -0.15) is 0 Å². The van der Waals surface area contributed by atoms with Crippen molar-refractivity contribution >= 4 is 28.3 Å². The summed E-state index contributed by atoms with van der Waals surface area (Å²) in [6.07, 6.45) is 5.52. The molecule has 7 nitrogen and oxygen atoms in total. The Labute approximate surface area is 172 Å². The van der Waals surface area contributed by atoms with E-state index >= 15 is 0 Å². The first-order valence-corrected chi connectivity index (χ1v) is 10.2. The van der Waals surface area contributed by atoms with Crippen molar-refractivity contribution in [2.24, 2.45) is 0 Å². The minimum atomic E-state index is -0.526. The first-order chi connectivity index (χ1) is 14.1. The molecular weight excluding hydrogens is 392 g/mol. The van der Waals surface area contributed by atoms with Gasteiger partial charge in [-0.1, -0.05) is 13.0 Å². The first kappa shape index (κ1) is 20.6. The molecule has 0 aliphatic rings. The normalized spacial score (nSPS) is 11.1. The Hall–Kier alpha value is -3.13. The van der Waals surface area contributed by atoms with Crippen molar-refractivity contribution in [2.75, 3.05) is 13.2 Å². The molecule has 0 bridgehead atoms. The molecule has 0 radical (unpaired) electrons. The standard InChI is InChI=1S/C21H22N2O5S/c1-3-10-27-17-7-5-15(12-18(17)26-4-2)6-8-20(25)28-14-16-13-19(24)23-9-11-29-21(23)22-16/h5-9,11-13H,3-4,10,14H2,1-2H3. The summed E-state index contributed by atoms with van der Waals surface area (Å²) in [6, 6.07) is 6.83. The van der Waals surface area contributed by atoms with E-state index in [2.05, 4.69) is 4.98 Å². The van der Waals surface area contributed by atoms with Crippen LogP contribution < -0.4 is 15.0 Å². The number of carbonyl (C=O) groups is 1. The van der Waals surface area contributed by atoms with Gasteiger partial charge in [0.15, 0.2) is 16.5 Å². The van der Waals surface area contributed by atoms with Gasteiger partial charge in [0, 0.05) is 23.7 Å². The highest BCUT2D eigenvalue weighted by Gasteiger charge is 2.07. The maximum absolute atomic E-state index is 12.0. The van der Waals surface area contributed by atoms with E-state index < -0.39 is 5.97 Å². The zero-order chi connectivity index (χ0) is 20.6. The van der Waals surface area contributed by atoms with E-state index in [0.29, 0.717) is 35.4 Å². The maximum Gasteiger partial charge on any atom is 0.331 e. The summed E-state index contributed by atoms with van der Waals surface area (Å²) < 4.78 is 17.9. The van der Waals surface area contributed by atoms with Crippen molar-refractivity contribution in [3.8, 4) is 11.5 Å². The number of ether oxygens (including phenoxy) is 3. The Bertz CT molecular complexity index is 1070. The number of esters is 1. The second-order valence-corrected chi connectivity index (χ2v) is 6.94. The van der Waals surface area contributed by atoms with Crippen LogP contribution in [0.2, 0.25) is 0 Å². The maximum atomic E-state index is 12.0. The third-order valence-corrected chi connectivity index (χ3v) is 4.62. The fourth-order valence-corrected chi connectivity index (χ4v) is 3.29. The van der Waals surface area contributed by atoms with E-state index in [0.717, 1.165) is 12.0 Å². The van der Waals surface area contributed by atoms with Crippen LogP contribution in [-0.4, -0.2) is 28.6 Å². The van der Waals surface area contributed by atoms with Gasteiger partial charge in [-0.05, 0) is 37.1 Å². The summed E-state index contributed by atoms with van der Waals surface area (Å²) in [5, 5.41) is 1.78. The Balaban J connectivity index is 1.63. The Morgan fingerprint density at radius 1 is 1.21 bits per heavy atom. The molecule has 152 valence electrons. The average molecular weight is 414 g/mol. The Morgan fingerprint density at radius 2 is 2.07 bits per heavy atom. The fourth-order valence-electron chi connectivity index (χ4n) is 2.55. The molecule has 2 aromatic heterocycles. The van der Waals surface area contributed by atoms with Crippen LogP contribution in [0.1, 0.15) is 31.5 Å². The van der Waals surface area contributed by atoms with Gasteiger partial charge in [0.2, 0.25) is 0 Å². The van der Waals surface area contributed by atoms with Gasteiger partial charge >= 0.3 is 5.97 Å². The number of hydrogen-bond acceptors (Lipinski definition) is 7. The van der Waals surface area contributed by atoms with Crippen LogP contribution in [0.4, 0.5) is 0 Å². The van der Waals surface area contributed by atoms with Crippen molar-refractivity contribution < 1.29 is 19.0 Å². The zero-order valence-corrected chi connectivity index (χ0v) is 17.1. The van der Waals surface area contributed by atoms with Gasteiger partial charge in [0.1, 0.15) is 6.61 Å². The number of aromatic nitrogens is 2. The smallest absolute Gasteiger partial charge is 0.331 e. The van der Waals surface area contributed by atoms with Gasteiger partial charge in [0.05, 0.1) is 18.9 Å². The van der Waals surface area contributed by atoms with E-state index in [9.17, 15) is 9.59 Å².